The van der Waals surface area contributed by atoms with Gasteiger partial charge in [-0.1, -0.05) is 12.1 Å². The van der Waals surface area contributed by atoms with Gasteiger partial charge in [0.15, 0.2) is 0 Å². The van der Waals surface area contributed by atoms with Crippen LogP contribution in [0.25, 0.3) is 10.8 Å². The van der Waals surface area contributed by atoms with E-state index >= 15 is 0 Å². The number of amides is 1. The normalized spacial score (nSPS) is 21.2. The molecule has 1 atom stereocenters. The molecule has 24 heavy (non-hydrogen) atoms. The van der Waals surface area contributed by atoms with Gasteiger partial charge in [-0.2, -0.15) is 4.31 Å². The fraction of sp³-hybridized carbons (Fsp3) is 0.353. The van der Waals surface area contributed by atoms with E-state index in [2.05, 4.69) is 0 Å². The molecule has 1 saturated heterocycles. The molecule has 0 saturated carbocycles. The SMILES string of the molecule is CN1C(=O)c2cccc3c(S(=O)(=O)N4CCC(CN)C4)ccc1c23. The number of carbonyl (C=O) groups is 1. The molecule has 1 unspecified atom stereocenters. The topological polar surface area (TPSA) is 83.7 Å². The summed E-state index contributed by atoms with van der Waals surface area (Å²) in [5, 5.41) is 1.33. The highest BCUT2D eigenvalue weighted by atomic mass is 32.2. The lowest BCUT2D eigenvalue weighted by atomic mass is 10.1. The molecule has 1 fully saturated rings. The molecule has 2 N–H and O–H groups in total. The Hall–Kier alpha value is -1.96. The number of hydrogen-bond acceptors (Lipinski definition) is 4. The van der Waals surface area contributed by atoms with Crippen LogP contribution in [-0.4, -0.2) is 45.3 Å². The van der Waals surface area contributed by atoms with Gasteiger partial charge in [0.25, 0.3) is 5.91 Å². The predicted molar refractivity (Wildman–Crippen MR) is 92.6 cm³/mol. The Bertz CT molecular complexity index is 955. The molecule has 7 heteroatoms. The van der Waals surface area contributed by atoms with Crippen molar-refractivity contribution in [1.29, 1.82) is 0 Å². The van der Waals surface area contributed by atoms with E-state index in [1.807, 2.05) is 0 Å². The monoisotopic (exact) mass is 345 g/mol. The largest absolute Gasteiger partial charge is 0.330 e. The number of rotatable bonds is 3. The lowest BCUT2D eigenvalue weighted by Gasteiger charge is -2.18. The molecule has 2 heterocycles. The van der Waals surface area contributed by atoms with Gasteiger partial charge in [0.05, 0.1) is 10.6 Å². The number of sulfonamides is 1. The van der Waals surface area contributed by atoms with Crippen LogP contribution in [0, 0.1) is 5.92 Å². The van der Waals surface area contributed by atoms with Crippen molar-refractivity contribution in [2.75, 3.05) is 31.6 Å². The smallest absolute Gasteiger partial charge is 0.258 e. The van der Waals surface area contributed by atoms with E-state index in [4.69, 9.17) is 5.73 Å². The van der Waals surface area contributed by atoms with Crippen LogP contribution in [0.5, 0.6) is 0 Å². The van der Waals surface area contributed by atoms with Crippen LogP contribution in [0.2, 0.25) is 0 Å². The average Bonchev–Trinajstić information content (AvgIpc) is 3.16. The molecule has 6 nitrogen and oxygen atoms in total. The van der Waals surface area contributed by atoms with E-state index in [1.165, 1.54) is 4.31 Å². The molecule has 0 aliphatic carbocycles. The number of nitrogens with two attached hydrogens (primary N) is 1. The molecule has 126 valence electrons. The number of carbonyl (C=O) groups excluding carboxylic acids is 1. The van der Waals surface area contributed by atoms with Gasteiger partial charge in [-0.3, -0.25) is 4.79 Å². The van der Waals surface area contributed by atoms with Crippen LogP contribution in [0.4, 0.5) is 5.69 Å². The van der Waals surface area contributed by atoms with E-state index < -0.39 is 10.0 Å². The van der Waals surface area contributed by atoms with Crippen LogP contribution in [-0.2, 0) is 10.0 Å². The molecule has 1 amide bonds. The summed E-state index contributed by atoms with van der Waals surface area (Å²) in [6, 6.07) is 8.60. The molecular weight excluding hydrogens is 326 g/mol. The standard InChI is InChI=1S/C17H19N3O3S/c1-19-14-5-6-15(12-3-2-4-13(16(12)14)17(19)21)24(22,23)20-8-7-11(9-18)10-20/h2-6,11H,7-10,18H2,1H3. The van der Waals surface area contributed by atoms with Crippen molar-refractivity contribution in [3.05, 3.63) is 35.9 Å². The van der Waals surface area contributed by atoms with Crippen molar-refractivity contribution in [3.63, 3.8) is 0 Å². The van der Waals surface area contributed by atoms with E-state index in [9.17, 15) is 13.2 Å². The second-order valence-corrected chi connectivity index (χ2v) is 8.33. The molecular formula is C17H19N3O3S. The second-order valence-electron chi connectivity index (χ2n) is 6.43. The predicted octanol–water partition coefficient (Wildman–Crippen LogP) is 1.40. The minimum absolute atomic E-state index is 0.102. The molecule has 2 aromatic carbocycles. The summed E-state index contributed by atoms with van der Waals surface area (Å²) < 4.78 is 27.7. The Morgan fingerprint density at radius 3 is 2.75 bits per heavy atom. The zero-order valence-electron chi connectivity index (χ0n) is 13.4. The highest BCUT2D eigenvalue weighted by molar-refractivity contribution is 7.89. The highest BCUT2D eigenvalue weighted by Gasteiger charge is 2.35. The molecule has 0 bridgehead atoms. The number of anilines is 1. The van der Waals surface area contributed by atoms with Gasteiger partial charge in [0.2, 0.25) is 10.0 Å². The number of nitrogens with zero attached hydrogens (tertiary/aromatic N) is 2. The molecule has 2 aliphatic heterocycles. The Kier molecular flexibility index (Phi) is 3.42. The molecule has 0 aromatic heterocycles. The second kappa shape index (κ2) is 5.27. The summed E-state index contributed by atoms with van der Waals surface area (Å²) in [4.78, 5) is 14.2. The maximum absolute atomic E-state index is 13.1. The lowest BCUT2D eigenvalue weighted by molar-refractivity contribution is 0.0999. The maximum atomic E-state index is 13.1. The molecule has 0 radical (unpaired) electrons. The summed E-state index contributed by atoms with van der Waals surface area (Å²) in [6.45, 7) is 1.45. The quantitative estimate of drug-likeness (QED) is 0.911. The summed E-state index contributed by atoms with van der Waals surface area (Å²) in [6.07, 6.45) is 0.790. The summed E-state index contributed by atoms with van der Waals surface area (Å²) in [5.74, 6) is 0.110. The van der Waals surface area contributed by atoms with Crippen molar-refractivity contribution >= 4 is 32.4 Å². The fourth-order valence-corrected chi connectivity index (χ4v) is 5.40. The van der Waals surface area contributed by atoms with Crippen LogP contribution in [0.15, 0.2) is 35.2 Å². The van der Waals surface area contributed by atoms with E-state index in [0.29, 0.717) is 30.6 Å². The van der Waals surface area contributed by atoms with Crippen LogP contribution in [0.3, 0.4) is 0 Å². The van der Waals surface area contributed by atoms with Crippen molar-refractivity contribution in [2.24, 2.45) is 11.7 Å². The van der Waals surface area contributed by atoms with Crippen LogP contribution >= 0.6 is 0 Å². The van der Waals surface area contributed by atoms with Crippen LogP contribution < -0.4 is 10.6 Å². The number of hydrogen-bond donors (Lipinski definition) is 1. The van der Waals surface area contributed by atoms with Crippen molar-refractivity contribution in [3.8, 4) is 0 Å². The summed E-state index contributed by atoms with van der Waals surface area (Å²) >= 11 is 0. The molecule has 2 aliphatic rings. The van der Waals surface area contributed by atoms with E-state index in [-0.39, 0.29) is 16.7 Å². The third kappa shape index (κ3) is 2.02. The van der Waals surface area contributed by atoms with Gasteiger partial charge in [0, 0.05) is 36.5 Å². The van der Waals surface area contributed by atoms with Gasteiger partial charge in [0.1, 0.15) is 0 Å². The molecule has 4 rings (SSSR count). The average molecular weight is 345 g/mol. The van der Waals surface area contributed by atoms with Gasteiger partial charge in [-0.25, -0.2) is 8.42 Å². The van der Waals surface area contributed by atoms with Crippen LogP contribution in [0.1, 0.15) is 16.8 Å². The van der Waals surface area contributed by atoms with Crippen molar-refractivity contribution in [2.45, 2.75) is 11.3 Å². The molecule has 2 aromatic rings. The summed E-state index contributed by atoms with van der Waals surface area (Å²) in [7, 11) is -1.90. The minimum atomic E-state index is -3.60. The van der Waals surface area contributed by atoms with E-state index in [0.717, 1.165) is 17.5 Å². The van der Waals surface area contributed by atoms with E-state index in [1.54, 1.807) is 42.3 Å². The Labute approximate surface area is 140 Å². The number of benzene rings is 2. The maximum Gasteiger partial charge on any atom is 0.258 e. The van der Waals surface area contributed by atoms with Gasteiger partial charge in [-0.15, -0.1) is 0 Å². The third-order valence-electron chi connectivity index (χ3n) is 5.07. The Balaban J connectivity index is 1.89. The Morgan fingerprint density at radius 2 is 2.04 bits per heavy atom. The first-order valence-electron chi connectivity index (χ1n) is 7.99. The highest BCUT2D eigenvalue weighted by Crippen LogP contribution is 2.40. The first kappa shape index (κ1) is 15.6. The first-order valence-corrected chi connectivity index (χ1v) is 9.43. The first-order chi connectivity index (χ1) is 11.4. The van der Waals surface area contributed by atoms with Gasteiger partial charge in [-0.05, 0) is 37.1 Å². The Morgan fingerprint density at radius 1 is 1.25 bits per heavy atom. The molecule has 0 spiro atoms. The zero-order chi connectivity index (χ0) is 17.1. The van der Waals surface area contributed by atoms with Crippen molar-refractivity contribution < 1.29 is 13.2 Å². The van der Waals surface area contributed by atoms with Gasteiger partial charge >= 0.3 is 0 Å². The minimum Gasteiger partial charge on any atom is -0.330 e. The third-order valence-corrected chi connectivity index (χ3v) is 7.00. The summed E-state index contributed by atoms with van der Waals surface area (Å²) in [5.41, 5.74) is 7.00. The lowest BCUT2D eigenvalue weighted by Crippen LogP contribution is -2.30. The van der Waals surface area contributed by atoms with Gasteiger partial charge < -0.3 is 10.6 Å². The fourth-order valence-electron chi connectivity index (χ4n) is 3.68. The zero-order valence-corrected chi connectivity index (χ0v) is 14.2. The van der Waals surface area contributed by atoms with Crippen molar-refractivity contribution in [1.82, 2.24) is 4.31 Å².